The van der Waals surface area contributed by atoms with Gasteiger partial charge in [-0.15, -0.1) is 20.1 Å². The molecule has 1 saturated carbocycles. The number of benzene rings is 2. The second-order valence-corrected chi connectivity index (χ2v) is 11.3. The van der Waals surface area contributed by atoms with Crippen LogP contribution in [0.1, 0.15) is 46.3 Å². The molecule has 6 rings (SSSR count). The Bertz CT molecular complexity index is 1380. The normalized spacial score (nSPS) is 22.2. The van der Waals surface area contributed by atoms with E-state index >= 15 is 0 Å². The highest BCUT2D eigenvalue weighted by Crippen LogP contribution is 2.53. The molecule has 3 aromatic rings. The largest absolute Gasteiger partial charge is 0.586 e. The number of halogens is 4. The molecule has 2 fully saturated rings. The summed E-state index contributed by atoms with van der Waals surface area (Å²) in [6.45, 7) is 0.984. The Hall–Kier alpha value is -2.66. The van der Waals surface area contributed by atoms with Gasteiger partial charge in [0.05, 0.1) is 24.0 Å². The predicted octanol–water partition coefficient (Wildman–Crippen LogP) is 5.26. The van der Waals surface area contributed by atoms with Gasteiger partial charge in [0.2, 0.25) is 0 Å². The minimum atomic E-state index is -3.72. The minimum Gasteiger partial charge on any atom is -0.395 e. The van der Waals surface area contributed by atoms with E-state index in [1.807, 2.05) is 4.90 Å². The molecule has 1 aliphatic carbocycles. The van der Waals surface area contributed by atoms with Crippen LogP contribution in [0.4, 0.5) is 13.2 Å². The molecule has 3 heterocycles. The molecule has 0 radical (unpaired) electrons. The smallest absolute Gasteiger partial charge is 0.395 e. The van der Waals surface area contributed by atoms with Gasteiger partial charge < -0.3 is 14.6 Å². The number of hydrogen-bond acceptors (Lipinski definition) is 7. The van der Waals surface area contributed by atoms with Crippen molar-refractivity contribution in [1.82, 2.24) is 9.88 Å². The topological polar surface area (TPSA) is 71.9 Å². The lowest BCUT2D eigenvalue weighted by molar-refractivity contribution is -0.286. The van der Waals surface area contributed by atoms with Gasteiger partial charge in [0.1, 0.15) is 16.6 Å². The monoisotopic (exact) mass is 550 g/mol. The van der Waals surface area contributed by atoms with Crippen molar-refractivity contribution in [1.29, 1.82) is 0 Å². The molecule has 0 bridgehead atoms. The highest BCUT2D eigenvalue weighted by atomic mass is 35.5. The standard InChI is InChI=1S/C26H22ClF3N2O4S/c27-15-2-3-17(18(28)10-15)24(32-8-5-16(33)13-32)21-12-31-23(37-21)11-22(34)25(6-7-25)14-1-4-19-20(9-14)36-26(29,30)35-19/h1-4,9-10,12,16,24,33H,5-8,11,13H2/t16-,24+/m1/s1. The lowest BCUT2D eigenvalue weighted by Crippen LogP contribution is -2.28. The summed E-state index contributed by atoms with van der Waals surface area (Å²) in [5.74, 6) is -0.659. The Kier molecular flexibility index (Phi) is 5.98. The third-order valence-corrected chi connectivity index (χ3v) is 8.49. The molecule has 2 aliphatic heterocycles. The Labute approximate surface area is 219 Å². The molecule has 3 aliphatic rings. The molecule has 2 aromatic carbocycles. The van der Waals surface area contributed by atoms with Gasteiger partial charge in [0, 0.05) is 34.7 Å². The maximum Gasteiger partial charge on any atom is 0.586 e. The van der Waals surface area contributed by atoms with Gasteiger partial charge in [-0.05, 0) is 49.1 Å². The van der Waals surface area contributed by atoms with Gasteiger partial charge in [-0.2, -0.15) is 0 Å². The van der Waals surface area contributed by atoms with Crippen molar-refractivity contribution in [3.05, 3.63) is 74.4 Å². The van der Waals surface area contributed by atoms with Crippen molar-refractivity contribution in [3.63, 3.8) is 0 Å². The van der Waals surface area contributed by atoms with Crippen LogP contribution in [-0.2, 0) is 16.6 Å². The molecular weight excluding hydrogens is 529 g/mol. The van der Waals surface area contributed by atoms with Crippen LogP contribution in [0.15, 0.2) is 42.6 Å². The maximum absolute atomic E-state index is 14.9. The number of carbonyl (C=O) groups is 1. The molecule has 1 aromatic heterocycles. The minimum absolute atomic E-state index is 0.0610. The number of aliphatic hydroxyl groups excluding tert-OH is 1. The Morgan fingerprint density at radius 1 is 1.22 bits per heavy atom. The number of fused-ring (bicyclic) bond motifs is 1. The second kappa shape index (κ2) is 8.97. The van der Waals surface area contributed by atoms with E-state index < -0.39 is 29.7 Å². The summed E-state index contributed by atoms with van der Waals surface area (Å²) >= 11 is 7.29. The van der Waals surface area contributed by atoms with Crippen molar-refractivity contribution in [2.24, 2.45) is 0 Å². The molecule has 37 heavy (non-hydrogen) atoms. The number of likely N-dealkylation sites (tertiary alicyclic amines) is 1. The maximum atomic E-state index is 14.9. The molecule has 0 amide bonds. The number of hydrogen-bond donors (Lipinski definition) is 1. The molecule has 1 saturated heterocycles. The number of carbonyl (C=O) groups excluding carboxylic acids is 1. The van der Waals surface area contributed by atoms with Crippen LogP contribution in [0.25, 0.3) is 0 Å². The van der Waals surface area contributed by atoms with Crippen LogP contribution >= 0.6 is 22.9 Å². The van der Waals surface area contributed by atoms with Gasteiger partial charge in [0.25, 0.3) is 0 Å². The number of nitrogens with zero attached hydrogens (tertiary/aromatic N) is 2. The summed E-state index contributed by atoms with van der Waals surface area (Å²) < 4.78 is 50.8. The van der Waals surface area contributed by atoms with E-state index in [2.05, 4.69) is 14.5 Å². The Balaban J connectivity index is 1.24. The van der Waals surface area contributed by atoms with Crippen molar-refractivity contribution in [2.75, 3.05) is 13.1 Å². The highest BCUT2D eigenvalue weighted by Gasteiger charge is 2.52. The van der Waals surface area contributed by atoms with E-state index in [0.717, 1.165) is 4.88 Å². The summed E-state index contributed by atoms with van der Waals surface area (Å²) in [7, 11) is 0. The summed E-state index contributed by atoms with van der Waals surface area (Å²) in [6.07, 6.45) is -0.714. The average Bonchev–Trinajstić information content (AvgIpc) is 3.16. The van der Waals surface area contributed by atoms with Gasteiger partial charge in [-0.1, -0.05) is 23.7 Å². The van der Waals surface area contributed by atoms with Gasteiger partial charge >= 0.3 is 6.29 Å². The number of thiazole rings is 1. The SMILES string of the molecule is O=C(Cc1ncc([C@H](c2ccc(Cl)cc2F)N2CC[C@@H](O)C2)s1)C1(c2ccc3c(c2)OC(F)(F)O3)CC1. The number of ether oxygens (including phenoxy) is 2. The Morgan fingerprint density at radius 3 is 2.70 bits per heavy atom. The molecule has 1 N–H and O–H groups in total. The first-order valence-corrected chi connectivity index (χ1v) is 13.1. The van der Waals surface area contributed by atoms with Crippen LogP contribution in [0.3, 0.4) is 0 Å². The van der Waals surface area contributed by atoms with Crippen molar-refractivity contribution >= 4 is 28.7 Å². The second-order valence-electron chi connectivity index (χ2n) is 9.67. The van der Waals surface area contributed by atoms with E-state index in [1.54, 1.807) is 24.4 Å². The van der Waals surface area contributed by atoms with Crippen LogP contribution in [0, 0.1) is 5.82 Å². The quantitative estimate of drug-likeness (QED) is 0.433. The summed E-state index contributed by atoms with van der Waals surface area (Å²) in [5.41, 5.74) is 0.264. The molecule has 11 heteroatoms. The fourth-order valence-electron chi connectivity index (χ4n) is 5.20. The van der Waals surface area contributed by atoms with Gasteiger partial charge in [0.15, 0.2) is 11.5 Å². The molecule has 2 atom stereocenters. The van der Waals surface area contributed by atoms with E-state index in [0.29, 0.717) is 53.5 Å². The van der Waals surface area contributed by atoms with Crippen molar-refractivity contribution in [2.45, 2.75) is 49.5 Å². The van der Waals surface area contributed by atoms with Crippen LogP contribution in [0.2, 0.25) is 5.02 Å². The van der Waals surface area contributed by atoms with Gasteiger partial charge in [-0.25, -0.2) is 9.37 Å². The van der Waals surface area contributed by atoms with Crippen LogP contribution < -0.4 is 9.47 Å². The Morgan fingerprint density at radius 2 is 2.00 bits per heavy atom. The average molecular weight is 551 g/mol. The van der Waals surface area contributed by atoms with E-state index in [-0.39, 0.29) is 23.7 Å². The lowest BCUT2D eigenvalue weighted by atomic mass is 9.89. The molecule has 0 spiro atoms. The fourth-order valence-corrected chi connectivity index (χ4v) is 6.43. The number of ketones is 1. The third kappa shape index (κ3) is 4.60. The fraction of sp³-hybridized carbons (Fsp3) is 0.385. The predicted molar refractivity (Wildman–Crippen MR) is 130 cm³/mol. The van der Waals surface area contributed by atoms with Gasteiger partial charge in [-0.3, -0.25) is 9.69 Å². The zero-order valence-corrected chi connectivity index (χ0v) is 21.0. The van der Waals surface area contributed by atoms with Crippen LogP contribution in [0.5, 0.6) is 11.5 Å². The zero-order chi connectivity index (χ0) is 25.9. The molecule has 0 unspecified atom stereocenters. The number of alkyl halides is 2. The first kappa shape index (κ1) is 24.7. The summed E-state index contributed by atoms with van der Waals surface area (Å²) in [4.78, 5) is 20.6. The summed E-state index contributed by atoms with van der Waals surface area (Å²) in [6, 6.07) is 8.53. The van der Waals surface area contributed by atoms with E-state index in [9.17, 15) is 23.1 Å². The summed E-state index contributed by atoms with van der Waals surface area (Å²) in [5, 5.41) is 11.0. The number of aromatic nitrogens is 1. The number of β-amino-alcohol motifs (C(OH)–C–C–N with tert-alkyl or cyclic N) is 1. The first-order valence-electron chi connectivity index (χ1n) is 11.9. The lowest BCUT2D eigenvalue weighted by Gasteiger charge is -2.27. The van der Waals surface area contributed by atoms with Crippen LogP contribution in [-0.4, -0.2) is 46.3 Å². The number of Topliss-reactive ketones (excluding diaryl/α,β-unsaturated/α-hetero) is 1. The molecule has 6 nitrogen and oxygen atoms in total. The van der Waals surface area contributed by atoms with E-state index in [1.165, 1.54) is 29.5 Å². The van der Waals surface area contributed by atoms with E-state index in [4.69, 9.17) is 11.6 Å². The molecule has 194 valence electrons. The number of aliphatic hydroxyl groups is 1. The molecular formula is C26H22ClF3N2O4S. The third-order valence-electron chi connectivity index (χ3n) is 7.21. The highest BCUT2D eigenvalue weighted by molar-refractivity contribution is 7.11. The zero-order valence-electron chi connectivity index (χ0n) is 19.4. The van der Waals surface area contributed by atoms with Crippen molar-refractivity contribution in [3.8, 4) is 11.5 Å². The first-order chi connectivity index (χ1) is 17.6. The van der Waals surface area contributed by atoms with Crippen molar-refractivity contribution < 1.29 is 32.5 Å². The number of rotatable bonds is 7.